The number of carbonyl (C=O) groups excluding carboxylic acids is 2. The number of hydrogen-bond donors (Lipinski definition) is 1. The number of carbonyl (C=O) groups is 2. The molecule has 3 aromatic carbocycles. The van der Waals surface area contributed by atoms with Gasteiger partial charge in [0.25, 0.3) is 0 Å². The predicted molar refractivity (Wildman–Crippen MR) is 138 cm³/mol. The summed E-state index contributed by atoms with van der Waals surface area (Å²) in [6, 6.07) is 26.1. The minimum Gasteiger partial charge on any atom is -0.326 e. The topological polar surface area (TPSA) is 49.4 Å². The molecule has 2 amide bonds. The summed E-state index contributed by atoms with van der Waals surface area (Å²) in [6.07, 6.45) is 1.16. The predicted octanol–water partition coefficient (Wildman–Crippen LogP) is 6.33. The molecule has 0 unspecified atom stereocenters. The first-order valence-corrected chi connectivity index (χ1v) is 12.3. The molecule has 0 bridgehead atoms. The molecule has 1 atom stereocenters. The molecule has 1 saturated heterocycles. The molecule has 1 aliphatic heterocycles. The number of benzene rings is 3. The summed E-state index contributed by atoms with van der Waals surface area (Å²) in [5.41, 5.74) is 5.21. The van der Waals surface area contributed by atoms with Crippen molar-refractivity contribution in [1.82, 2.24) is 0 Å². The Morgan fingerprint density at radius 1 is 0.970 bits per heavy atom. The first-order valence-electron chi connectivity index (χ1n) is 11.3. The van der Waals surface area contributed by atoms with Gasteiger partial charge in [0, 0.05) is 17.8 Å². The van der Waals surface area contributed by atoms with Crippen molar-refractivity contribution in [2.24, 2.45) is 0 Å². The number of amides is 2. The third-order valence-electron chi connectivity index (χ3n) is 5.84. The van der Waals surface area contributed by atoms with Crippen molar-refractivity contribution >= 4 is 35.0 Å². The molecule has 0 spiro atoms. The summed E-state index contributed by atoms with van der Waals surface area (Å²) < 4.78 is 0. The van der Waals surface area contributed by atoms with Crippen LogP contribution in [0.1, 0.15) is 49.3 Å². The van der Waals surface area contributed by atoms with Crippen molar-refractivity contribution in [2.45, 2.75) is 44.4 Å². The van der Waals surface area contributed by atoms with E-state index in [2.05, 4.69) is 38.2 Å². The summed E-state index contributed by atoms with van der Waals surface area (Å²) in [5, 5.41) is 2.91. The van der Waals surface area contributed by atoms with Gasteiger partial charge in [0.15, 0.2) is 0 Å². The number of nitrogens with one attached hydrogen (secondary N) is 1. The minimum absolute atomic E-state index is 0.00223. The molecule has 0 radical (unpaired) electrons. The van der Waals surface area contributed by atoms with Gasteiger partial charge in [0.2, 0.25) is 11.8 Å². The zero-order valence-electron chi connectivity index (χ0n) is 19.4. The van der Waals surface area contributed by atoms with Crippen LogP contribution in [0, 0.1) is 0 Å². The van der Waals surface area contributed by atoms with E-state index in [0.29, 0.717) is 18.6 Å². The molecular formula is C28H30N2O2S. The smallest absolute Gasteiger partial charge is 0.238 e. The first-order chi connectivity index (χ1) is 15.8. The fourth-order valence-electron chi connectivity index (χ4n) is 3.93. The molecular weight excluding hydrogens is 428 g/mol. The number of nitrogens with zero attached hydrogens (tertiary/aromatic N) is 1. The van der Waals surface area contributed by atoms with E-state index in [-0.39, 0.29) is 22.6 Å². The van der Waals surface area contributed by atoms with E-state index < -0.39 is 0 Å². The second-order valence-electron chi connectivity index (χ2n) is 9.38. The molecule has 3 aromatic rings. The normalized spacial score (nSPS) is 16.2. The second-order valence-corrected chi connectivity index (χ2v) is 10.4. The Hall–Kier alpha value is -3.05. The highest BCUT2D eigenvalue weighted by atomic mass is 32.2. The van der Waals surface area contributed by atoms with Crippen molar-refractivity contribution in [3.8, 4) is 0 Å². The van der Waals surface area contributed by atoms with Gasteiger partial charge in [-0.25, -0.2) is 0 Å². The molecule has 0 saturated carbocycles. The van der Waals surface area contributed by atoms with Gasteiger partial charge in [-0.15, -0.1) is 11.8 Å². The van der Waals surface area contributed by atoms with Crippen molar-refractivity contribution in [3.05, 3.63) is 95.6 Å². The largest absolute Gasteiger partial charge is 0.326 e. The summed E-state index contributed by atoms with van der Waals surface area (Å²) in [7, 11) is 0. The molecule has 33 heavy (non-hydrogen) atoms. The Kier molecular flexibility index (Phi) is 6.89. The van der Waals surface area contributed by atoms with Gasteiger partial charge in [-0.2, -0.15) is 0 Å². The monoisotopic (exact) mass is 458 g/mol. The number of aryl methyl sites for hydroxylation is 1. The molecule has 170 valence electrons. The van der Waals surface area contributed by atoms with Crippen LogP contribution in [0.2, 0.25) is 0 Å². The van der Waals surface area contributed by atoms with Gasteiger partial charge in [-0.1, -0.05) is 75.4 Å². The Morgan fingerprint density at radius 3 is 2.27 bits per heavy atom. The number of rotatable bonds is 6. The fraction of sp³-hybridized carbons (Fsp3) is 0.286. The maximum absolute atomic E-state index is 12.7. The van der Waals surface area contributed by atoms with Crippen LogP contribution in [0.5, 0.6) is 0 Å². The highest BCUT2D eigenvalue weighted by Crippen LogP contribution is 2.42. The number of thioether (sulfide) groups is 1. The molecule has 4 nitrogen and oxygen atoms in total. The molecule has 4 rings (SSSR count). The van der Waals surface area contributed by atoms with Crippen molar-refractivity contribution in [1.29, 1.82) is 0 Å². The Balaban J connectivity index is 1.42. The number of hydrogen-bond acceptors (Lipinski definition) is 3. The summed E-state index contributed by atoms with van der Waals surface area (Å²) in [6.45, 7) is 6.55. The van der Waals surface area contributed by atoms with Crippen molar-refractivity contribution in [3.63, 3.8) is 0 Å². The first kappa shape index (κ1) is 23.1. The molecule has 0 aliphatic carbocycles. The highest BCUT2D eigenvalue weighted by molar-refractivity contribution is 8.00. The Bertz CT molecular complexity index is 1100. The SMILES string of the molecule is CC(C)(C)c1ccc(N2C(=O)CS[C@@H]2c2ccc(NC(=O)CCc3ccccc3)cc2)cc1. The average molecular weight is 459 g/mol. The molecule has 1 N–H and O–H groups in total. The summed E-state index contributed by atoms with van der Waals surface area (Å²) in [4.78, 5) is 26.9. The zero-order valence-corrected chi connectivity index (χ0v) is 20.2. The van der Waals surface area contributed by atoms with Gasteiger partial charge in [0.05, 0.1) is 5.75 Å². The molecule has 5 heteroatoms. The Labute approximate surface area is 200 Å². The summed E-state index contributed by atoms with van der Waals surface area (Å²) in [5.74, 6) is 0.577. The van der Waals surface area contributed by atoms with Crippen LogP contribution in [-0.2, 0) is 21.4 Å². The van der Waals surface area contributed by atoms with E-state index >= 15 is 0 Å². The van der Waals surface area contributed by atoms with E-state index in [9.17, 15) is 9.59 Å². The van der Waals surface area contributed by atoms with Crippen LogP contribution in [0.4, 0.5) is 11.4 Å². The molecule has 1 fully saturated rings. The van der Waals surface area contributed by atoms with Crippen LogP contribution in [0.3, 0.4) is 0 Å². The second kappa shape index (κ2) is 9.84. The highest BCUT2D eigenvalue weighted by Gasteiger charge is 2.34. The molecule has 0 aromatic heterocycles. The third kappa shape index (κ3) is 5.66. The van der Waals surface area contributed by atoms with Crippen molar-refractivity contribution < 1.29 is 9.59 Å². The van der Waals surface area contributed by atoms with Gasteiger partial charge < -0.3 is 5.32 Å². The minimum atomic E-state index is -0.0687. The van der Waals surface area contributed by atoms with E-state index in [1.165, 1.54) is 5.56 Å². The van der Waals surface area contributed by atoms with Crippen molar-refractivity contribution in [2.75, 3.05) is 16.0 Å². The lowest BCUT2D eigenvalue weighted by Gasteiger charge is -2.26. The maximum atomic E-state index is 12.7. The lowest BCUT2D eigenvalue weighted by molar-refractivity contribution is -0.116. The summed E-state index contributed by atoms with van der Waals surface area (Å²) >= 11 is 1.63. The van der Waals surface area contributed by atoms with Crippen LogP contribution in [0.15, 0.2) is 78.9 Å². The standard InChI is InChI=1S/C28H30N2O2S/c1-28(2,3)22-12-16-24(17-13-22)30-26(32)19-33-27(30)21-10-14-23(15-11-21)29-25(31)18-9-20-7-5-4-6-8-20/h4-8,10-17,27H,9,18-19H2,1-3H3,(H,29,31)/t27-/m1/s1. The van der Waals surface area contributed by atoms with Gasteiger partial charge in [0.1, 0.15) is 5.37 Å². The lowest BCUT2D eigenvalue weighted by atomic mass is 9.87. The van der Waals surface area contributed by atoms with E-state index in [4.69, 9.17) is 0 Å². The van der Waals surface area contributed by atoms with Gasteiger partial charge in [-0.3, -0.25) is 14.5 Å². The molecule has 1 heterocycles. The van der Waals surface area contributed by atoms with Crippen LogP contribution in [-0.4, -0.2) is 17.6 Å². The number of anilines is 2. The molecule has 1 aliphatic rings. The van der Waals surface area contributed by atoms with Crippen LogP contribution in [0.25, 0.3) is 0 Å². The third-order valence-corrected chi connectivity index (χ3v) is 7.05. The van der Waals surface area contributed by atoms with Crippen LogP contribution >= 0.6 is 11.8 Å². The van der Waals surface area contributed by atoms with Gasteiger partial charge >= 0.3 is 0 Å². The van der Waals surface area contributed by atoms with E-state index in [1.807, 2.05) is 71.6 Å². The zero-order chi connectivity index (χ0) is 23.4. The van der Waals surface area contributed by atoms with E-state index in [0.717, 1.165) is 22.5 Å². The lowest BCUT2D eigenvalue weighted by Crippen LogP contribution is -2.28. The average Bonchev–Trinajstić information content (AvgIpc) is 3.20. The quantitative estimate of drug-likeness (QED) is 0.469. The fourth-order valence-corrected chi connectivity index (χ4v) is 5.11. The van der Waals surface area contributed by atoms with E-state index in [1.54, 1.807) is 11.8 Å². The Morgan fingerprint density at radius 2 is 1.64 bits per heavy atom. The van der Waals surface area contributed by atoms with Gasteiger partial charge in [-0.05, 0) is 52.8 Å². The maximum Gasteiger partial charge on any atom is 0.238 e. The van der Waals surface area contributed by atoms with Crippen LogP contribution < -0.4 is 10.2 Å².